The second kappa shape index (κ2) is 4.14. The van der Waals surface area contributed by atoms with E-state index in [-0.39, 0.29) is 0 Å². The molecule has 0 bridgehead atoms. The Bertz CT molecular complexity index is 70.7. The highest BCUT2D eigenvalue weighted by Gasteiger charge is 2.13. The van der Waals surface area contributed by atoms with E-state index in [1.165, 1.54) is 0 Å². The molecule has 0 aromatic rings. The van der Waals surface area contributed by atoms with Gasteiger partial charge in [0.25, 0.3) is 0 Å². The van der Waals surface area contributed by atoms with Crippen LogP contribution in [0.1, 0.15) is 6.92 Å². The van der Waals surface area contributed by atoms with Gasteiger partial charge in [-0.2, -0.15) is 0 Å². The summed E-state index contributed by atoms with van der Waals surface area (Å²) in [6.45, 7) is 4.85. The van der Waals surface area contributed by atoms with Crippen molar-refractivity contribution in [3.8, 4) is 0 Å². The standard InChI is InChI=1S/C6H12NOS/c1-2-8-6-5-7-3-4-9-6/h7H,2-5H2,1H3. The van der Waals surface area contributed by atoms with Crippen molar-refractivity contribution in [2.45, 2.75) is 6.92 Å². The normalized spacial score (nSPS) is 22.3. The van der Waals surface area contributed by atoms with Crippen LogP contribution in [0, 0.1) is 5.44 Å². The molecule has 1 fully saturated rings. The Labute approximate surface area is 60.3 Å². The Morgan fingerprint density at radius 3 is 3.22 bits per heavy atom. The Balaban J connectivity index is 2.08. The van der Waals surface area contributed by atoms with E-state index in [0.29, 0.717) is 0 Å². The minimum absolute atomic E-state index is 0.796. The molecule has 1 aliphatic rings. The average molecular weight is 146 g/mol. The fraction of sp³-hybridized carbons (Fsp3) is 0.833. The number of nitrogens with one attached hydrogen (secondary N) is 1. The summed E-state index contributed by atoms with van der Waals surface area (Å²) in [5.74, 6) is 1.15. The van der Waals surface area contributed by atoms with Gasteiger partial charge in [0.2, 0.25) is 0 Å². The van der Waals surface area contributed by atoms with Gasteiger partial charge >= 0.3 is 0 Å². The van der Waals surface area contributed by atoms with Gasteiger partial charge in [-0.15, -0.1) is 11.8 Å². The largest absolute Gasteiger partial charge is 0.359 e. The fourth-order valence-electron chi connectivity index (χ4n) is 0.732. The Morgan fingerprint density at radius 2 is 2.67 bits per heavy atom. The first kappa shape index (κ1) is 7.38. The third-order valence-electron chi connectivity index (χ3n) is 1.12. The molecule has 0 aliphatic carbocycles. The highest BCUT2D eigenvalue weighted by molar-refractivity contribution is 8.02. The molecule has 1 saturated heterocycles. The smallest absolute Gasteiger partial charge is 0.165 e. The number of rotatable bonds is 2. The minimum atomic E-state index is 0.796. The molecule has 0 unspecified atom stereocenters. The van der Waals surface area contributed by atoms with E-state index < -0.39 is 0 Å². The predicted molar refractivity (Wildman–Crippen MR) is 40.2 cm³/mol. The summed E-state index contributed by atoms with van der Waals surface area (Å²) < 4.78 is 5.30. The van der Waals surface area contributed by atoms with Crippen LogP contribution in [0.2, 0.25) is 0 Å². The third kappa shape index (κ3) is 2.56. The molecule has 0 aromatic carbocycles. The lowest BCUT2D eigenvalue weighted by molar-refractivity contribution is 0.193. The van der Waals surface area contributed by atoms with Crippen LogP contribution in [0.25, 0.3) is 0 Å². The molecule has 9 heavy (non-hydrogen) atoms. The first-order chi connectivity index (χ1) is 4.43. The molecule has 3 heteroatoms. The molecule has 2 nitrogen and oxygen atoms in total. The van der Waals surface area contributed by atoms with Crippen molar-refractivity contribution in [3.05, 3.63) is 5.44 Å². The lowest BCUT2D eigenvalue weighted by Crippen LogP contribution is -2.29. The lowest BCUT2D eigenvalue weighted by atomic mass is 10.6. The van der Waals surface area contributed by atoms with Gasteiger partial charge in [-0.25, -0.2) is 0 Å². The molecule has 53 valence electrons. The molecular weight excluding hydrogens is 134 g/mol. The summed E-state index contributed by atoms with van der Waals surface area (Å²) in [4.78, 5) is 0. The van der Waals surface area contributed by atoms with E-state index in [1.54, 1.807) is 0 Å². The zero-order valence-corrected chi connectivity index (χ0v) is 6.46. The zero-order valence-electron chi connectivity index (χ0n) is 5.64. The maximum atomic E-state index is 5.30. The topological polar surface area (TPSA) is 21.3 Å². The van der Waals surface area contributed by atoms with E-state index in [1.807, 2.05) is 18.7 Å². The van der Waals surface area contributed by atoms with Crippen molar-refractivity contribution in [2.24, 2.45) is 0 Å². The minimum Gasteiger partial charge on any atom is -0.359 e. The van der Waals surface area contributed by atoms with Gasteiger partial charge in [0.1, 0.15) is 0 Å². The van der Waals surface area contributed by atoms with E-state index in [4.69, 9.17) is 4.74 Å². The highest BCUT2D eigenvalue weighted by Crippen LogP contribution is 2.21. The maximum absolute atomic E-state index is 5.30. The van der Waals surface area contributed by atoms with Crippen LogP contribution in [0.5, 0.6) is 0 Å². The first-order valence-corrected chi connectivity index (χ1v) is 4.24. The molecule has 0 saturated carbocycles. The van der Waals surface area contributed by atoms with Gasteiger partial charge in [0, 0.05) is 25.4 Å². The van der Waals surface area contributed by atoms with Gasteiger partial charge in [0.15, 0.2) is 5.44 Å². The van der Waals surface area contributed by atoms with E-state index in [0.717, 1.165) is 30.9 Å². The molecule has 1 N–H and O–H groups in total. The molecule has 1 radical (unpaired) electrons. The lowest BCUT2D eigenvalue weighted by Gasteiger charge is -2.20. The van der Waals surface area contributed by atoms with Crippen LogP contribution in [0.15, 0.2) is 0 Å². The Morgan fingerprint density at radius 1 is 1.78 bits per heavy atom. The van der Waals surface area contributed by atoms with Gasteiger partial charge in [-0.3, -0.25) is 0 Å². The van der Waals surface area contributed by atoms with E-state index in [9.17, 15) is 0 Å². The molecule has 1 rings (SSSR count). The van der Waals surface area contributed by atoms with Crippen molar-refractivity contribution < 1.29 is 4.74 Å². The Kier molecular flexibility index (Phi) is 3.40. The molecule has 0 amide bonds. The van der Waals surface area contributed by atoms with Gasteiger partial charge < -0.3 is 10.1 Å². The van der Waals surface area contributed by atoms with Gasteiger partial charge in [-0.05, 0) is 6.92 Å². The predicted octanol–water partition coefficient (Wildman–Crippen LogP) is 0.849. The average Bonchev–Trinajstić information content (AvgIpc) is 1.91. The molecule has 1 aliphatic heterocycles. The quantitative estimate of drug-likeness (QED) is 0.624. The first-order valence-electron chi connectivity index (χ1n) is 3.25. The fourth-order valence-corrected chi connectivity index (χ4v) is 1.61. The second-order valence-electron chi connectivity index (χ2n) is 1.83. The van der Waals surface area contributed by atoms with Crippen molar-refractivity contribution in [2.75, 3.05) is 25.4 Å². The van der Waals surface area contributed by atoms with Crippen LogP contribution in [0.3, 0.4) is 0 Å². The van der Waals surface area contributed by atoms with Crippen molar-refractivity contribution in [1.82, 2.24) is 5.32 Å². The van der Waals surface area contributed by atoms with Crippen molar-refractivity contribution >= 4 is 11.8 Å². The van der Waals surface area contributed by atoms with Gasteiger partial charge in [0.05, 0.1) is 0 Å². The molecule has 0 atom stereocenters. The van der Waals surface area contributed by atoms with Crippen molar-refractivity contribution in [3.63, 3.8) is 0 Å². The van der Waals surface area contributed by atoms with Gasteiger partial charge in [-0.1, -0.05) is 0 Å². The summed E-state index contributed by atoms with van der Waals surface area (Å²) in [5, 5.41) is 3.24. The van der Waals surface area contributed by atoms with E-state index >= 15 is 0 Å². The second-order valence-corrected chi connectivity index (χ2v) is 2.98. The molecule has 0 aromatic heterocycles. The van der Waals surface area contributed by atoms with Crippen LogP contribution in [-0.2, 0) is 4.74 Å². The highest BCUT2D eigenvalue weighted by atomic mass is 32.2. The number of hydrogen-bond acceptors (Lipinski definition) is 3. The van der Waals surface area contributed by atoms with Crippen LogP contribution < -0.4 is 5.32 Å². The number of ether oxygens (including phenoxy) is 1. The zero-order chi connectivity index (χ0) is 6.53. The summed E-state index contributed by atoms with van der Waals surface area (Å²) in [5.41, 5.74) is 1.14. The third-order valence-corrected chi connectivity index (χ3v) is 2.11. The molecular formula is C6H12NOS. The number of thioether (sulfide) groups is 1. The Hall–Kier alpha value is 0.270. The van der Waals surface area contributed by atoms with Crippen LogP contribution in [0.4, 0.5) is 0 Å². The summed E-state index contributed by atoms with van der Waals surface area (Å²) in [6.07, 6.45) is 0. The summed E-state index contributed by atoms with van der Waals surface area (Å²) >= 11 is 1.82. The summed E-state index contributed by atoms with van der Waals surface area (Å²) in [7, 11) is 0. The monoisotopic (exact) mass is 146 g/mol. The number of hydrogen-bond donors (Lipinski definition) is 1. The SMILES string of the molecule is CCO[C]1CNCCS1. The molecule has 1 heterocycles. The maximum Gasteiger partial charge on any atom is 0.165 e. The van der Waals surface area contributed by atoms with E-state index in [2.05, 4.69) is 5.32 Å². The molecule has 0 spiro atoms. The van der Waals surface area contributed by atoms with Crippen molar-refractivity contribution in [1.29, 1.82) is 0 Å². The summed E-state index contributed by atoms with van der Waals surface area (Å²) in [6, 6.07) is 0. The van der Waals surface area contributed by atoms with Crippen LogP contribution in [-0.4, -0.2) is 25.4 Å². The van der Waals surface area contributed by atoms with Crippen LogP contribution >= 0.6 is 11.8 Å².